The van der Waals surface area contributed by atoms with Gasteiger partial charge in [0.1, 0.15) is 0 Å². The van der Waals surface area contributed by atoms with E-state index in [-0.39, 0.29) is 0 Å². The fourth-order valence-electron chi connectivity index (χ4n) is 5.89. The van der Waals surface area contributed by atoms with Crippen LogP contribution in [0.15, 0.2) is 0 Å². The maximum atomic E-state index is 6.21. The summed E-state index contributed by atoms with van der Waals surface area (Å²) >= 11 is 0. The van der Waals surface area contributed by atoms with Crippen LogP contribution in [0.2, 0.25) is 0 Å². The van der Waals surface area contributed by atoms with Gasteiger partial charge in [0, 0.05) is 0 Å². The molecule has 0 radical (unpaired) electrons. The molecule has 0 aromatic carbocycles. The van der Waals surface area contributed by atoms with Crippen LogP contribution in [0.25, 0.3) is 0 Å². The van der Waals surface area contributed by atoms with Crippen molar-refractivity contribution in [2.45, 2.75) is 79.1 Å². The second kappa shape index (κ2) is 4.46. The molecule has 20 heavy (non-hydrogen) atoms. The molecule has 0 amide bonds. The van der Waals surface area contributed by atoms with Gasteiger partial charge in [0.2, 0.25) is 0 Å². The lowest BCUT2D eigenvalue weighted by Crippen LogP contribution is -2.40. The molecule has 3 fully saturated rings. The highest BCUT2D eigenvalue weighted by atomic mass is 16.7. The summed E-state index contributed by atoms with van der Waals surface area (Å²) in [4.78, 5) is 0. The predicted octanol–water partition coefficient (Wildman–Crippen LogP) is 4.63. The van der Waals surface area contributed by atoms with Crippen LogP contribution in [0.1, 0.15) is 67.2 Å². The molecule has 2 bridgehead atoms. The van der Waals surface area contributed by atoms with E-state index in [1.54, 1.807) is 0 Å². The maximum absolute atomic E-state index is 6.21. The first-order chi connectivity index (χ1) is 9.17. The van der Waals surface area contributed by atoms with Crippen molar-refractivity contribution in [3.63, 3.8) is 0 Å². The van der Waals surface area contributed by atoms with Gasteiger partial charge in [-0.05, 0) is 75.0 Å². The van der Waals surface area contributed by atoms with E-state index in [1.807, 2.05) is 0 Å². The first-order valence-electron chi connectivity index (χ1n) is 8.49. The van der Waals surface area contributed by atoms with E-state index in [0.29, 0.717) is 22.9 Å². The van der Waals surface area contributed by atoms with E-state index in [0.717, 1.165) is 18.4 Å². The molecule has 5 atom stereocenters. The van der Waals surface area contributed by atoms with Crippen LogP contribution in [0.3, 0.4) is 0 Å². The van der Waals surface area contributed by atoms with E-state index in [2.05, 4.69) is 41.5 Å². The summed E-state index contributed by atoms with van der Waals surface area (Å²) in [5.74, 6) is 1.94. The first kappa shape index (κ1) is 14.8. The van der Waals surface area contributed by atoms with Gasteiger partial charge in [0.15, 0.2) is 5.79 Å². The summed E-state index contributed by atoms with van der Waals surface area (Å²) in [5.41, 5.74) is 0.912. The predicted molar refractivity (Wildman–Crippen MR) is 81.4 cm³/mol. The molecule has 0 unspecified atom stereocenters. The summed E-state index contributed by atoms with van der Waals surface area (Å²) in [5, 5.41) is 0. The normalized spacial score (nSPS) is 50.1. The lowest BCUT2D eigenvalue weighted by molar-refractivity contribution is -0.245. The zero-order chi connectivity index (χ0) is 14.8. The fourth-order valence-corrected chi connectivity index (χ4v) is 5.89. The number of hydrogen-bond donors (Lipinski definition) is 0. The van der Waals surface area contributed by atoms with Crippen molar-refractivity contribution in [2.24, 2.45) is 28.6 Å². The number of ether oxygens (including phenoxy) is 2. The Morgan fingerprint density at radius 2 is 1.65 bits per heavy atom. The SMILES string of the molecule is C[C@@H]1C[C@@]23C[C@@H](COC(C)(C)O1)C(C)(C)[C@@H]2CC[C@H]3C. The van der Waals surface area contributed by atoms with Gasteiger partial charge >= 0.3 is 0 Å². The zero-order valence-electron chi connectivity index (χ0n) is 14.2. The minimum atomic E-state index is -0.437. The third kappa shape index (κ3) is 2.06. The number of rotatable bonds is 0. The van der Waals surface area contributed by atoms with Crippen molar-refractivity contribution in [1.29, 1.82) is 0 Å². The molecule has 2 aliphatic carbocycles. The van der Waals surface area contributed by atoms with Crippen molar-refractivity contribution in [1.82, 2.24) is 0 Å². The Labute approximate surface area is 124 Å². The van der Waals surface area contributed by atoms with Crippen LogP contribution < -0.4 is 0 Å². The molecular weight excluding hydrogens is 248 g/mol. The Hall–Kier alpha value is -0.0800. The lowest BCUT2D eigenvalue weighted by Gasteiger charge is -2.42. The van der Waals surface area contributed by atoms with Gasteiger partial charge in [-0.15, -0.1) is 0 Å². The van der Waals surface area contributed by atoms with Gasteiger partial charge in [0.25, 0.3) is 0 Å². The number of fused-ring (bicyclic) bond motifs is 1. The number of hydrogen-bond acceptors (Lipinski definition) is 2. The summed E-state index contributed by atoms with van der Waals surface area (Å²) in [6.07, 6.45) is 5.65. The van der Waals surface area contributed by atoms with E-state index in [1.165, 1.54) is 25.7 Å². The molecule has 0 aromatic heterocycles. The Morgan fingerprint density at radius 3 is 2.35 bits per heavy atom. The van der Waals surface area contributed by atoms with Gasteiger partial charge in [-0.1, -0.05) is 20.8 Å². The van der Waals surface area contributed by atoms with Crippen molar-refractivity contribution in [3.8, 4) is 0 Å². The molecule has 0 aromatic rings. The first-order valence-corrected chi connectivity index (χ1v) is 8.49. The van der Waals surface area contributed by atoms with Crippen LogP contribution in [-0.2, 0) is 9.47 Å². The highest BCUT2D eigenvalue weighted by Gasteiger charge is 2.62. The van der Waals surface area contributed by atoms with Crippen molar-refractivity contribution < 1.29 is 9.47 Å². The molecule has 2 heteroatoms. The molecule has 1 spiro atoms. The largest absolute Gasteiger partial charge is 0.350 e. The monoisotopic (exact) mass is 280 g/mol. The van der Waals surface area contributed by atoms with Crippen molar-refractivity contribution >= 4 is 0 Å². The van der Waals surface area contributed by atoms with Crippen molar-refractivity contribution in [2.75, 3.05) is 6.61 Å². The van der Waals surface area contributed by atoms with Crippen LogP contribution in [0, 0.1) is 28.6 Å². The van der Waals surface area contributed by atoms with E-state index >= 15 is 0 Å². The minimum Gasteiger partial charge on any atom is -0.350 e. The van der Waals surface area contributed by atoms with Crippen LogP contribution in [0.4, 0.5) is 0 Å². The zero-order valence-corrected chi connectivity index (χ0v) is 14.2. The second-order valence-electron chi connectivity index (χ2n) is 8.83. The Bertz CT molecular complexity index is 387. The van der Waals surface area contributed by atoms with Crippen molar-refractivity contribution in [3.05, 3.63) is 0 Å². The molecule has 116 valence electrons. The molecule has 2 saturated carbocycles. The Balaban J connectivity index is 1.98. The summed E-state index contributed by atoms with van der Waals surface area (Å²) in [7, 11) is 0. The quantitative estimate of drug-likeness (QED) is 0.644. The van der Waals surface area contributed by atoms with E-state index < -0.39 is 5.79 Å². The topological polar surface area (TPSA) is 18.5 Å². The third-order valence-corrected chi connectivity index (χ3v) is 6.93. The van der Waals surface area contributed by atoms with Gasteiger partial charge in [-0.3, -0.25) is 0 Å². The Morgan fingerprint density at radius 1 is 0.950 bits per heavy atom. The van der Waals surface area contributed by atoms with Crippen LogP contribution >= 0.6 is 0 Å². The molecule has 2 nitrogen and oxygen atoms in total. The van der Waals surface area contributed by atoms with Crippen LogP contribution in [-0.4, -0.2) is 18.5 Å². The Kier molecular flexibility index (Phi) is 3.31. The molecule has 3 rings (SSSR count). The van der Waals surface area contributed by atoms with Gasteiger partial charge in [-0.25, -0.2) is 0 Å². The molecule has 3 aliphatic rings. The molecule has 1 saturated heterocycles. The molecular formula is C18H32O2. The second-order valence-corrected chi connectivity index (χ2v) is 8.83. The molecule has 1 heterocycles. The standard InChI is InChI=1S/C18H32O2/c1-12-7-8-15-16(3,4)14-10-18(12,15)9-13(2)20-17(5,6)19-11-14/h12-15H,7-11H2,1-6H3/t12-,13-,14+,15+,18+/m1/s1. The average Bonchev–Trinajstić information content (AvgIpc) is 2.72. The average molecular weight is 280 g/mol. The lowest BCUT2D eigenvalue weighted by atomic mass is 9.66. The maximum Gasteiger partial charge on any atom is 0.163 e. The molecule has 1 aliphatic heterocycles. The highest BCUT2D eigenvalue weighted by molar-refractivity contribution is 5.11. The smallest absolute Gasteiger partial charge is 0.163 e. The van der Waals surface area contributed by atoms with Gasteiger partial charge < -0.3 is 9.47 Å². The third-order valence-electron chi connectivity index (χ3n) is 6.93. The van der Waals surface area contributed by atoms with E-state index in [9.17, 15) is 0 Å². The van der Waals surface area contributed by atoms with Gasteiger partial charge in [0.05, 0.1) is 12.7 Å². The fraction of sp³-hybridized carbons (Fsp3) is 1.00. The van der Waals surface area contributed by atoms with Gasteiger partial charge in [-0.2, -0.15) is 0 Å². The van der Waals surface area contributed by atoms with Crippen LogP contribution in [0.5, 0.6) is 0 Å². The van der Waals surface area contributed by atoms with E-state index in [4.69, 9.17) is 9.47 Å². The summed E-state index contributed by atoms with van der Waals surface area (Å²) in [6.45, 7) is 14.7. The summed E-state index contributed by atoms with van der Waals surface area (Å²) in [6, 6.07) is 0. The molecule has 0 N–H and O–H groups in total. The summed E-state index contributed by atoms with van der Waals surface area (Å²) < 4.78 is 12.4. The minimum absolute atomic E-state index is 0.292. The highest BCUT2D eigenvalue weighted by Crippen LogP contribution is 2.68.